The van der Waals surface area contributed by atoms with Crippen LogP contribution in [0.15, 0.2) is 48.1 Å². The standard InChI is InChI=1S/C24H34O3/c1-22(2,3)21(25)26-19-13-9-17(10-14-19)24(7,8)18-11-15-20(16-12-18)27-23(4,5)6/h9-15,20H,16H2,1-8H3. The van der Waals surface area contributed by atoms with Gasteiger partial charge in [-0.25, -0.2) is 0 Å². The fourth-order valence-corrected chi connectivity index (χ4v) is 2.97. The second kappa shape index (κ2) is 7.63. The summed E-state index contributed by atoms with van der Waals surface area (Å²) >= 11 is 0. The molecule has 148 valence electrons. The highest BCUT2D eigenvalue weighted by Crippen LogP contribution is 2.36. The van der Waals surface area contributed by atoms with E-state index >= 15 is 0 Å². The number of hydrogen-bond acceptors (Lipinski definition) is 3. The molecule has 1 aromatic rings. The summed E-state index contributed by atoms with van der Waals surface area (Å²) in [5.41, 5.74) is 1.67. The van der Waals surface area contributed by atoms with Gasteiger partial charge in [-0.05, 0) is 71.2 Å². The lowest BCUT2D eigenvalue weighted by molar-refractivity contribution is -0.143. The first-order valence-corrected chi connectivity index (χ1v) is 9.68. The third-order valence-electron chi connectivity index (χ3n) is 4.69. The minimum absolute atomic E-state index is 0.128. The average Bonchev–Trinajstić information content (AvgIpc) is 2.53. The molecule has 0 spiro atoms. The second-order valence-corrected chi connectivity index (χ2v) is 9.81. The highest BCUT2D eigenvalue weighted by molar-refractivity contribution is 5.77. The van der Waals surface area contributed by atoms with E-state index in [1.54, 1.807) is 0 Å². The molecule has 0 amide bonds. The van der Waals surface area contributed by atoms with Crippen molar-refractivity contribution in [1.29, 1.82) is 0 Å². The molecule has 2 rings (SSSR count). The van der Waals surface area contributed by atoms with Crippen molar-refractivity contribution in [3.63, 3.8) is 0 Å². The number of rotatable bonds is 4. The summed E-state index contributed by atoms with van der Waals surface area (Å²) in [7, 11) is 0. The van der Waals surface area contributed by atoms with Crippen LogP contribution < -0.4 is 4.74 Å². The van der Waals surface area contributed by atoms with E-state index in [2.05, 4.69) is 52.8 Å². The molecule has 1 aliphatic rings. The summed E-state index contributed by atoms with van der Waals surface area (Å²) in [6.07, 6.45) is 7.61. The first kappa shape index (κ1) is 21.4. The molecule has 0 heterocycles. The lowest BCUT2D eigenvalue weighted by Crippen LogP contribution is -2.28. The van der Waals surface area contributed by atoms with Gasteiger partial charge < -0.3 is 9.47 Å². The van der Waals surface area contributed by atoms with E-state index in [1.807, 2.05) is 45.0 Å². The van der Waals surface area contributed by atoms with Crippen molar-refractivity contribution in [2.75, 3.05) is 0 Å². The van der Waals surface area contributed by atoms with Crippen LogP contribution in [0.25, 0.3) is 0 Å². The van der Waals surface area contributed by atoms with Gasteiger partial charge in [0, 0.05) is 5.41 Å². The van der Waals surface area contributed by atoms with Gasteiger partial charge in [0.05, 0.1) is 17.1 Å². The summed E-state index contributed by atoms with van der Waals surface area (Å²) in [4.78, 5) is 12.0. The lowest BCUT2D eigenvalue weighted by atomic mass is 9.75. The molecular formula is C24H34O3. The average molecular weight is 371 g/mol. The monoisotopic (exact) mass is 370 g/mol. The molecule has 0 saturated carbocycles. The van der Waals surface area contributed by atoms with Crippen LogP contribution in [0.5, 0.6) is 5.75 Å². The Labute approximate surface area is 164 Å². The number of hydrogen-bond donors (Lipinski definition) is 0. The van der Waals surface area contributed by atoms with Gasteiger partial charge in [-0.15, -0.1) is 0 Å². The van der Waals surface area contributed by atoms with Gasteiger partial charge in [0.25, 0.3) is 0 Å². The molecule has 27 heavy (non-hydrogen) atoms. The molecule has 0 N–H and O–H groups in total. The Morgan fingerprint density at radius 3 is 2.00 bits per heavy atom. The molecule has 0 aliphatic heterocycles. The Morgan fingerprint density at radius 2 is 1.56 bits per heavy atom. The topological polar surface area (TPSA) is 35.5 Å². The van der Waals surface area contributed by atoms with Crippen molar-refractivity contribution in [2.45, 2.75) is 78.9 Å². The van der Waals surface area contributed by atoms with Crippen LogP contribution in [-0.4, -0.2) is 17.7 Å². The molecular weight excluding hydrogens is 336 g/mol. The Hall–Kier alpha value is -1.87. The smallest absolute Gasteiger partial charge is 0.316 e. The number of ether oxygens (including phenoxy) is 2. The molecule has 1 atom stereocenters. The third kappa shape index (κ3) is 5.80. The molecule has 1 aromatic carbocycles. The minimum atomic E-state index is -0.513. The van der Waals surface area contributed by atoms with E-state index in [4.69, 9.17) is 9.47 Å². The molecule has 0 saturated heterocycles. The number of benzene rings is 1. The van der Waals surface area contributed by atoms with Crippen molar-refractivity contribution in [1.82, 2.24) is 0 Å². The van der Waals surface area contributed by atoms with Gasteiger partial charge in [0.1, 0.15) is 5.75 Å². The predicted octanol–water partition coefficient (Wildman–Crippen LogP) is 5.99. The van der Waals surface area contributed by atoms with Crippen LogP contribution in [0.2, 0.25) is 0 Å². The fraction of sp³-hybridized carbons (Fsp3) is 0.542. The van der Waals surface area contributed by atoms with Crippen LogP contribution in [0.3, 0.4) is 0 Å². The van der Waals surface area contributed by atoms with Crippen molar-refractivity contribution in [2.24, 2.45) is 5.41 Å². The predicted molar refractivity (Wildman–Crippen MR) is 111 cm³/mol. The first-order chi connectivity index (χ1) is 12.3. The van der Waals surface area contributed by atoms with Crippen LogP contribution in [0.1, 0.15) is 67.4 Å². The fourth-order valence-electron chi connectivity index (χ4n) is 2.97. The number of carbonyl (C=O) groups is 1. The number of allylic oxidation sites excluding steroid dienone is 2. The summed E-state index contributed by atoms with van der Waals surface area (Å²) in [5.74, 6) is 0.360. The minimum Gasteiger partial charge on any atom is -0.426 e. The van der Waals surface area contributed by atoms with E-state index in [0.29, 0.717) is 5.75 Å². The zero-order valence-corrected chi connectivity index (χ0v) is 18.1. The maximum absolute atomic E-state index is 12.0. The van der Waals surface area contributed by atoms with Gasteiger partial charge in [-0.3, -0.25) is 4.79 Å². The van der Waals surface area contributed by atoms with Crippen molar-refractivity contribution in [3.05, 3.63) is 53.6 Å². The van der Waals surface area contributed by atoms with E-state index in [0.717, 1.165) is 6.42 Å². The van der Waals surface area contributed by atoms with Crippen LogP contribution >= 0.6 is 0 Å². The second-order valence-electron chi connectivity index (χ2n) is 9.81. The normalized spacial score (nSPS) is 18.2. The van der Waals surface area contributed by atoms with E-state index < -0.39 is 5.41 Å². The van der Waals surface area contributed by atoms with Gasteiger partial charge >= 0.3 is 5.97 Å². The van der Waals surface area contributed by atoms with Gasteiger partial charge in [0.2, 0.25) is 0 Å². The van der Waals surface area contributed by atoms with Crippen molar-refractivity contribution < 1.29 is 14.3 Å². The molecule has 3 heteroatoms. The van der Waals surface area contributed by atoms with Crippen LogP contribution in [-0.2, 0) is 14.9 Å². The number of carbonyl (C=O) groups excluding carboxylic acids is 1. The van der Waals surface area contributed by atoms with Gasteiger partial charge in [-0.2, -0.15) is 0 Å². The third-order valence-corrected chi connectivity index (χ3v) is 4.69. The molecule has 3 nitrogen and oxygen atoms in total. The lowest BCUT2D eigenvalue weighted by Gasteiger charge is -2.32. The Morgan fingerprint density at radius 1 is 0.963 bits per heavy atom. The van der Waals surface area contributed by atoms with Crippen LogP contribution in [0, 0.1) is 5.41 Å². The molecule has 0 bridgehead atoms. The summed E-state index contributed by atoms with van der Waals surface area (Å²) in [6, 6.07) is 7.83. The van der Waals surface area contributed by atoms with Crippen molar-refractivity contribution in [3.8, 4) is 5.75 Å². The molecule has 0 fully saturated rings. The summed E-state index contributed by atoms with van der Waals surface area (Å²) in [6.45, 7) is 16.2. The largest absolute Gasteiger partial charge is 0.426 e. The maximum atomic E-state index is 12.0. The summed E-state index contributed by atoms with van der Waals surface area (Å²) in [5, 5.41) is 0. The highest BCUT2D eigenvalue weighted by Gasteiger charge is 2.28. The van der Waals surface area contributed by atoms with E-state index in [1.165, 1.54) is 11.1 Å². The number of esters is 1. The SMILES string of the molecule is CC(C)(C)OC1C=CC(C(C)(C)c2ccc(OC(=O)C(C)(C)C)cc2)=CC1. The molecule has 1 aliphatic carbocycles. The van der Waals surface area contributed by atoms with Gasteiger partial charge in [0.15, 0.2) is 0 Å². The zero-order chi connectivity index (χ0) is 20.5. The van der Waals surface area contributed by atoms with Gasteiger partial charge in [-0.1, -0.05) is 44.2 Å². The van der Waals surface area contributed by atoms with E-state index in [9.17, 15) is 4.79 Å². The highest BCUT2D eigenvalue weighted by atomic mass is 16.5. The van der Waals surface area contributed by atoms with Crippen LogP contribution in [0.4, 0.5) is 0 Å². The Kier molecular flexibility index (Phi) is 6.06. The Bertz CT molecular complexity index is 722. The molecule has 1 unspecified atom stereocenters. The Balaban J connectivity index is 2.09. The molecule has 0 aromatic heterocycles. The zero-order valence-electron chi connectivity index (χ0n) is 18.1. The quantitative estimate of drug-likeness (QED) is 0.483. The molecule has 0 radical (unpaired) electrons. The maximum Gasteiger partial charge on any atom is 0.316 e. The summed E-state index contributed by atoms with van der Waals surface area (Å²) < 4.78 is 11.5. The van der Waals surface area contributed by atoms with Crippen molar-refractivity contribution >= 4 is 5.97 Å². The van der Waals surface area contributed by atoms with E-state index in [-0.39, 0.29) is 23.1 Å². The first-order valence-electron chi connectivity index (χ1n) is 9.68.